The standard InChI is InChI=1S/C6H3Cl3O.Na.H/c7-3-1-4(8)6(10)5(9)2-3;;/h1-2,10H;;/q;+1;-1. The van der Waals surface area contributed by atoms with E-state index in [-0.39, 0.29) is 46.8 Å². The molecule has 1 rings (SSSR count). The maximum absolute atomic E-state index is 9.01. The van der Waals surface area contributed by atoms with E-state index >= 15 is 0 Å². The molecule has 1 aromatic carbocycles. The monoisotopic (exact) mass is 220 g/mol. The van der Waals surface area contributed by atoms with Gasteiger partial charge in [-0.25, -0.2) is 0 Å². The van der Waals surface area contributed by atoms with Crippen molar-refractivity contribution in [3.05, 3.63) is 27.2 Å². The first kappa shape index (κ1) is 11.9. The van der Waals surface area contributed by atoms with Crippen molar-refractivity contribution in [1.29, 1.82) is 0 Å². The van der Waals surface area contributed by atoms with Gasteiger partial charge in [0.15, 0.2) is 5.75 Å². The molecule has 0 fully saturated rings. The van der Waals surface area contributed by atoms with Gasteiger partial charge in [0.1, 0.15) is 0 Å². The fraction of sp³-hybridized carbons (Fsp3) is 0. The van der Waals surface area contributed by atoms with Crippen LogP contribution in [-0.4, -0.2) is 5.11 Å². The van der Waals surface area contributed by atoms with Crippen LogP contribution >= 0.6 is 34.8 Å². The molecule has 0 heterocycles. The van der Waals surface area contributed by atoms with Crippen molar-refractivity contribution in [2.24, 2.45) is 0 Å². The van der Waals surface area contributed by atoms with Crippen LogP contribution in [0.4, 0.5) is 0 Å². The van der Waals surface area contributed by atoms with E-state index in [4.69, 9.17) is 39.9 Å². The van der Waals surface area contributed by atoms with Crippen LogP contribution in [-0.2, 0) is 0 Å². The molecule has 0 aromatic heterocycles. The summed E-state index contributed by atoms with van der Waals surface area (Å²) in [5.74, 6) is -0.132. The summed E-state index contributed by atoms with van der Waals surface area (Å²) in [4.78, 5) is 0. The van der Waals surface area contributed by atoms with Crippen LogP contribution in [0.25, 0.3) is 0 Å². The minimum Gasteiger partial charge on any atom is -1.00 e. The number of phenolic OH excluding ortho intramolecular Hbond substituents is 1. The largest absolute Gasteiger partial charge is 1.00 e. The molecule has 0 saturated carbocycles. The van der Waals surface area contributed by atoms with Gasteiger partial charge in [-0.2, -0.15) is 0 Å². The Bertz CT molecular complexity index is 246. The van der Waals surface area contributed by atoms with Gasteiger partial charge in [-0.3, -0.25) is 0 Å². The average Bonchev–Trinajstić information content (AvgIpc) is 1.82. The second kappa shape index (κ2) is 4.80. The third kappa shape index (κ3) is 3.02. The zero-order valence-electron chi connectivity index (χ0n) is 6.74. The molecule has 11 heavy (non-hydrogen) atoms. The Balaban J connectivity index is 0. The van der Waals surface area contributed by atoms with Crippen molar-refractivity contribution in [2.45, 2.75) is 0 Å². The maximum atomic E-state index is 9.01. The molecule has 0 amide bonds. The number of rotatable bonds is 0. The van der Waals surface area contributed by atoms with Gasteiger partial charge in [0.2, 0.25) is 0 Å². The minimum atomic E-state index is -0.132. The minimum absolute atomic E-state index is 0. The number of aromatic hydroxyl groups is 1. The molecule has 1 aromatic rings. The molecule has 1 nitrogen and oxygen atoms in total. The van der Waals surface area contributed by atoms with Gasteiger partial charge in [-0.05, 0) is 12.1 Å². The van der Waals surface area contributed by atoms with E-state index < -0.39 is 0 Å². The quantitative estimate of drug-likeness (QED) is 0.632. The van der Waals surface area contributed by atoms with Crippen LogP contribution in [0.2, 0.25) is 15.1 Å². The number of benzene rings is 1. The van der Waals surface area contributed by atoms with Gasteiger partial charge >= 0.3 is 29.6 Å². The molecule has 0 aliphatic carbocycles. The van der Waals surface area contributed by atoms with Crippen LogP contribution in [0, 0.1) is 0 Å². The Labute approximate surface area is 103 Å². The van der Waals surface area contributed by atoms with Crippen molar-refractivity contribution in [1.82, 2.24) is 0 Å². The van der Waals surface area contributed by atoms with Gasteiger partial charge in [-0.15, -0.1) is 0 Å². The van der Waals surface area contributed by atoms with Crippen molar-refractivity contribution < 1.29 is 36.1 Å². The molecule has 0 atom stereocenters. The first-order valence-electron chi connectivity index (χ1n) is 2.45. The Morgan fingerprint density at radius 2 is 1.45 bits per heavy atom. The molecule has 0 saturated heterocycles. The Morgan fingerprint density at radius 1 is 1.09 bits per heavy atom. The van der Waals surface area contributed by atoms with Crippen molar-refractivity contribution >= 4 is 34.8 Å². The number of hydrogen-bond acceptors (Lipinski definition) is 1. The summed E-state index contributed by atoms with van der Waals surface area (Å²) >= 11 is 16.5. The predicted octanol–water partition coefficient (Wildman–Crippen LogP) is 0.469. The molecule has 0 unspecified atom stereocenters. The van der Waals surface area contributed by atoms with Crippen LogP contribution in [0.15, 0.2) is 12.1 Å². The van der Waals surface area contributed by atoms with Crippen molar-refractivity contribution in [2.75, 3.05) is 0 Å². The fourth-order valence-corrected chi connectivity index (χ4v) is 1.35. The van der Waals surface area contributed by atoms with E-state index in [0.717, 1.165) is 0 Å². The van der Waals surface area contributed by atoms with Crippen LogP contribution in [0.3, 0.4) is 0 Å². The van der Waals surface area contributed by atoms with Crippen molar-refractivity contribution in [3.8, 4) is 5.75 Å². The van der Waals surface area contributed by atoms with Crippen LogP contribution < -0.4 is 29.6 Å². The normalized spacial score (nSPS) is 9.00. The van der Waals surface area contributed by atoms with E-state index in [1.165, 1.54) is 12.1 Å². The van der Waals surface area contributed by atoms with Crippen molar-refractivity contribution in [3.63, 3.8) is 0 Å². The first-order valence-corrected chi connectivity index (χ1v) is 3.58. The van der Waals surface area contributed by atoms with E-state index in [1.54, 1.807) is 0 Å². The summed E-state index contributed by atoms with van der Waals surface area (Å²) in [5.41, 5.74) is 0. The summed E-state index contributed by atoms with van der Waals surface area (Å²) in [7, 11) is 0. The van der Waals surface area contributed by atoms with E-state index in [1.807, 2.05) is 0 Å². The zero-order chi connectivity index (χ0) is 7.72. The summed E-state index contributed by atoms with van der Waals surface area (Å²) < 4.78 is 0. The van der Waals surface area contributed by atoms with E-state index in [0.29, 0.717) is 5.02 Å². The molecular formula is C6H4Cl3NaO. The molecule has 0 aliphatic rings. The molecule has 0 aliphatic heterocycles. The van der Waals surface area contributed by atoms with Gasteiger partial charge in [0, 0.05) is 5.02 Å². The zero-order valence-corrected chi connectivity index (χ0v) is 10.0. The first-order chi connectivity index (χ1) is 4.61. The van der Waals surface area contributed by atoms with Gasteiger partial charge in [-0.1, -0.05) is 34.8 Å². The smallest absolute Gasteiger partial charge is 1.00 e. The molecule has 1 N–H and O–H groups in total. The molecule has 56 valence electrons. The topological polar surface area (TPSA) is 20.2 Å². The predicted molar refractivity (Wildman–Crippen MR) is 44.2 cm³/mol. The molecule has 0 spiro atoms. The third-order valence-electron chi connectivity index (χ3n) is 0.982. The van der Waals surface area contributed by atoms with E-state index in [2.05, 4.69) is 0 Å². The van der Waals surface area contributed by atoms with Gasteiger partial charge < -0.3 is 6.53 Å². The number of phenols is 1. The number of halogens is 3. The summed E-state index contributed by atoms with van der Waals surface area (Å²) in [6.45, 7) is 0. The molecule has 0 bridgehead atoms. The van der Waals surface area contributed by atoms with Crippen LogP contribution in [0.5, 0.6) is 5.75 Å². The van der Waals surface area contributed by atoms with E-state index in [9.17, 15) is 0 Å². The fourth-order valence-electron chi connectivity index (χ4n) is 0.535. The third-order valence-corrected chi connectivity index (χ3v) is 1.78. The SMILES string of the molecule is Oc1c(Cl)cc(Cl)cc1Cl.[H-].[Na+]. The average molecular weight is 221 g/mol. The van der Waals surface area contributed by atoms with Gasteiger partial charge in [0.05, 0.1) is 10.0 Å². The molecule has 0 radical (unpaired) electrons. The number of hydrogen-bond donors (Lipinski definition) is 1. The molecule has 5 heteroatoms. The Kier molecular flexibility index (Phi) is 5.19. The van der Waals surface area contributed by atoms with Crippen LogP contribution in [0.1, 0.15) is 1.43 Å². The second-order valence-corrected chi connectivity index (χ2v) is 2.97. The summed E-state index contributed by atoms with van der Waals surface area (Å²) in [6, 6.07) is 2.84. The second-order valence-electron chi connectivity index (χ2n) is 1.72. The maximum Gasteiger partial charge on any atom is 1.00 e. The Morgan fingerprint density at radius 3 is 1.82 bits per heavy atom. The van der Waals surface area contributed by atoms with Gasteiger partial charge in [0.25, 0.3) is 0 Å². The summed E-state index contributed by atoms with van der Waals surface area (Å²) in [6.07, 6.45) is 0. The Hall–Kier alpha value is 0.890. The summed E-state index contributed by atoms with van der Waals surface area (Å²) in [5, 5.41) is 9.75. The molecular weight excluding hydrogens is 217 g/mol.